The lowest BCUT2D eigenvalue weighted by Crippen LogP contribution is -2.34. The van der Waals surface area contributed by atoms with E-state index in [1.807, 2.05) is 58.0 Å². The van der Waals surface area contributed by atoms with E-state index < -0.39 is 17.4 Å². The third-order valence-corrected chi connectivity index (χ3v) is 10.9. The molecule has 0 amide bonds. The summed E-state index contributed by atoms with van der Waals surface area (Å²) in [6.07, 6.45) is 4.94. The van der Waals surface area contributed by atoms with Gasteiger partial charge in [0.1, 0.15) is 0 Å². The highest BCUT2D eigenvalue weighted by Gasteiger charge is 2.49. The molecule has 0 saturated heterocycles. The maximum atomic E-state index is 13.7. The monoisotopic (exact) mass is 732 g/mol. The maximum absolute atomic E-state index is 13.7. The van der Waals surface area contributed by atoms with Crippen molar-refractivity contribution in [2.45, 2.75) is 65.2 Å². The van der Waals surface area contributed by atoms with Crippen molar-refractivity contribution in [1.82, 2.24) is 19.9 Å². The molecule has 6 rings (SSSR count). The Balaban J connectivity index is 1.77. The lowest BCUT2D eigenvalue weighted by Gasteiger charge is -2.32. The highest BCUT2D eigenvalue weighted by molar-refractivity contribution is 6.08. The zero-order valence-corrected chi connectivity index (χ0v) is 31.9. The number of rotatable bonds is 9. The van der Waals surface area contributed by atoms with E-state index >= 15 is 0 Å². The van der Waals surface area contributed by atoms with Gasteiger partial charge in [-0.1, -0.05) is 18.7 Å². The van der Waals surface area contributed by atoms with Crippen molar-refractivity contribution in [1.29, 1.82) is 0 Å². The fourth-order valence-electron chi connectivity index (χ4n) is 7.75. The first-order valence-electron chi connectivity index (χ1n) is 17.6. The van der Waals surface area contributed by atoms with Crippen molar-refractivity contribution < 1.29 is 38.1 Å². The van der Waals surface area contributed by atoms with Gasteiger partial charge < -0.3 is 28.9 Å². The molecule has 0 fully saturated rings. The van der Waals surface area contributed by atoms with Gasteiger partial charge >= 0.3 is 23.9 Å². The molecule has 0 spiro atoms. The van der Waals surface area contributed by atoms with Crippen molar-refractivity contribution in [2.75, 3.05) is 28.4 Å². The van der Waals surface area contributed by atoms with Crippen LogP contribution in [-0.4, -0.2) is 72.3 Å². The first-order chi connectivity index (χ1) is 25.8. The minimum absolute atomic E-state index is 0.128. The van der Waals surface area contributed by atoms with E-state index in [9.17, 15) is 19.2 Å². The summed E-state index contributed by atoms with van der Waals surface area (Å²) in [5.41, 5.74) is 10.6. The third-order valence-electron chi connectivity index (χ3n) is 10.9. The number of methoxy groups -OCH3 is 4. The average molecular weight is 733 g/mol. The van der Waals surface area contributed by atoms with Crippen LogP contribution in [0.4, 0.5) is 0 Å². The second-order valence-electron chi connectivity index (χ2n) is 13.6. The highest BCUT2D eigenvalue weighted by Crippen LogP contribution is 2.52. The largest absolute Gasteiger partial charge is 0.469 e. The smallest absolute Gasteiger partial charge is 0.335 e. The molecular weight excluding hydrogens is 688 g/mol. The number of H-pyrrole nitrogens is 2. The van der Waals surface area contributed by atoms with Gasteiger partial charge in [-0.3, -0.25) is 14.6 Å². The molecule has 1 aliphatic carbocycles. The fourth-order valence-corrected chi connectivity index (χ4v) is 7.75. The van der Waals surface area contributed by atoms with Crippen LogP contribution in [0.5, 0.6) is 0 Å². The number of aromatic amines is 2. The molecule has 12 heteroatoms. The molecule has 0 saturated carbocycles. The number of nitrogens with one attached hydrogen (secondary N) is 2. The number of hydrogen-bond acceptors (Lipinski definition) is 10. The van der Waals surface area contributed by atoms with E-state index in [1.165, 1.54) is 28.4 Å². The van der Waals surface area contributed by atoms with Crippen LogP contribution in [0.3, 0.4) is 0 Å². The van der Waals surface area contributed by atoms with Crippen molar-refractivity contribution in [3.8, 4) is 0 Å². The number of nitrogens with zero attached hydrogens (tertiary/aromatic N) is 2. The van der Waals surface area contributed by atoms with Gasteiger partial charge in [0.2, 0.25) is 0 Å². The van der Waals surface area contributed by atoms with Gasteiger partial charge in [-0.25, -0.2) is 14.6 Å². The number of carbonyl (C=O) groups is 4. The van der Waals surface area contributed by atoms with Gasteiger partial charge in [0, 0.05) is 40.5 Å². The van der Waals surface area contributed by atoms with Crippen molar-refractivity contribution in [3.63, 3.8) is 0 Å². The zero-order chi connectivity index (χ0) is 39.1. The van der Waals surface area contributed by atoms with Crippen LogP contribution in [0.1, 0.15) is 78.1 Å². The first kappa shape index (κ1) is 37.7. The molecule has 0 aromatic carbocycles. The fraction of sp³-hybridized carbons (Fsp3) is 0.333. The Morgan fingerprint density at radius 1 is 0.741 bits per heavy atom. The molecule has 54 heavy (non-hydrogen) atoms. The van der Waals surface area contributed by atoms with Crippen LogP contribution in [0, 0.1) is 13.8 Å². The molecule has 12 nitrogen and oxygen atoms in total. The molecule has 8 bridgehead atoms. The number of aryl methyl sites for hydroxylation is 4. The first-order valence-corrected chi connectivity index (χ1v) is 17.6. The average Bonchev–Trinajstić information content (AvgIpc) is 3.82. The Morgan fingerprint density at radius 3 is 1.81 bits per heavy atom. The van der Waals surface area contributed by atoms with Crippen LogP contribution >= 0.6 is 0 Å². The molecule has 280 valence electrons. The Bertz CT molecular complexity index is 2410. The van der Waals surface area contributed by atoms with Gasteiger partial charge in [-0.2, -0.15) is 0 Å². The third kappa shape index (κ3) is 6.35. The predicted octanol–water partition coefficient (Wildman–Crippen LogP) is 6.65. The van der Waals surface area contributed by atoms with Crippen molar-refractivity contribution in [2.24, 2.45) is 0 Å². The summed E-state index contributed by atoms with van der Waals surface area (Å²) in [5, 5.41) is 0. The minimum Gasteiger partial charge on any atom is -0.469 e. The molecule has 2 aliphatic heterocycles. The van der Waals surface area contributed by atoms with Gasteiger partial charge in [-0.15, -0.1) is 0 Å². The van der Waals surface area contributed by atoms with Crippen LogP contribution in [-0.2, 0) is 56.4 Å². The summed E-state index contributed by atoms with van der Waals surface area (Å²) in [6, 6.07) is 7.72. The molecule has 3 aliphatic rings. The lowest BCUT2D eigenvalue weighted by molar-refractivity contribution is -0.141. The number of esters is 4. The number of fused-ring (bicyclic) bond motifs is 11. The Morgan fingerprint density at radius 2 is 1.30 bits per heavy atom. The lowest BCUT2D eigenvalue weighted by atomic mass is 9.68. The summed E-state index contributed by atoms with van der Waals surface area (Å²) < 4.78 is 20.4. The van der Waals surface area contributed by atoms with Crippen molar-refractivity contribution >= 4 is 62.7 Å². The van der Waals surface area contributed by atoms with Gasteiger partial charge in [0.25, 0.3) is 0 Å². The minimum atomic E-state index is -1.22. The van der Waals surface area contributed by atoms with Gasteiger partial charge in [0.05, 0.1) is 67.8 Å². The van der Waals surface area contributed by atoms with Crippen LogP contribution in [0.2, 0.25) is 0 Å². The Hall–Kier alpha value is -6.04. The number of ether oxygens (including phenoxy) is 4. The quantitative estimate of drug-likeness (QED) is 0.180. The van der Waals surface area contributed by atoms with E-state index in [1.54, 1.807) is 6.08 Å². The second-order valence-corrected chi connectivity index (χ2v) is 13.6. The van der Waals surface area contributed by atoms with E-state index in [0.29, 0.717) is 41.2 Å². The van der Waals surface area contributed by atoms with Crippen molar-refractivity contribution in [3.05, 3.63) is 99.2 Å². The molecule has 3 aromatic heterocycles. The van der Waals surface area contributed by atoms with E-state index in [0.717, 1.165) is 55.5 Å². The maximum Gasteiger partial charge on any atom is 0.335 e. The summed E-state index contributed by atoms with van der Waals surface area (Å²) >= 11 is 0. The van der Waals surface area contributed by atoms with Crippen LogP contribution in [0.25, 0.3) is 38.8 Å². The van der Waals surface area contributed by atoms with Gasteiger partial charge in [0.15, 0.2) is 0 Å². The molecule has 3 aromatic rings. The summed E-state index contributed by atoms with van der Waals surface area (Å²) in [6.45, 7) is 11.9. The SMILES string of the molecule is C=CC1=C(C)c2cc3[nH]c(cc4[nH]c(cc5nc(cc1n2)[C@@]1(C)C5=CCC(C(=O)OC)=C1C(=O)OC)c(C)c4CCC(=O)OC)c(CCC(=O)OC)c3C. The van der Waals surface area contributed by atoms with Crippen LogP contribution in [0.15, 0.2) is 54.1 Å². The van der Waals surface area contributed by atoms with E-state index in [4.69, 9.17) is 28.9 Å². The van der Waals surface area contributed by atoms with Crippen LogP contribution < -0.4 is 0 Å². The van der Waals surface area contributed by atoms with Gasteiger partial charge in [-0.05, 0) is 105 Å². The Labute approximate surface area is 313 Å². The molecule has 2 N–H and O–H groups in total. The normalized spacial score (nSPS) is 16.4. The van der Waals surface area contributed by atoms with E-state index in [2.05, 4.69) is 16.5 Å². The molecule has 5 heterocycles. The zero-order valence-electron chi connectivity index (χ0n) is 31.9. The van der Waals surface area contributed by atoms with E-state index in [-0.39, 0.29) is 42.3 Å². The number of hydrogen-bond donors (Lipinski definition) is 2. The predicted molar refractivity (Wildman–Crippen MR) is 205 cm³/mol. The highest BCUT2D eigenvalue weighted by atomic mass is 16.5. The number of carbonyl (C=O) groups excluding carboxylic acids is 4. The standard InChI is InChI=1S/C42H44N4O8/c1-10-24-21(2)29-17-30-22(3)25(12-15-37(47)51-6)32(43-30)19-33-26(13-16-38(48)52-7)23(4)31(44-33)18-35-28-14-11-27(40(49)53-8)39(41(50)54-9)42(28,5)36(46-35)20-34(24)45-29/h10,14,17-20,43-44H,1,11-13,15-16H2,2-9H3/t42-/m1/s1. The molecule has 1 atom stereocenters. The Kier molecular flexibility index (Phi) is 10.3. The number of allylic oxidation sites excluding steroid dienone is 5. The summed E-state index contributed by atoms with van der Waals surface area (Å²) in [4.78, 5) is 68.9. The molecule has 0 radical (unpaired) electrons. The number of aromatic nitrogens is 4. The summed E-state index contributed by atoms with van der Waals surface area (Å²) in [7, 11) is 5.30. The second kappa shape index (κ2) is 14.8. The topological polar surface area (TPSA) is 163 Å². The summed E-state index contributed by atoms with van der Waals surface area (Å²) in [5.74, 6) is -1.95. The molecular formula is C42H44N4O8. The molecule has 0 unspecified atom stereocenters.